The SMILES string of the molecule is COC(OC)S(=O)(=O)c1cccc(C(=O)O)c1. The quantitative estimate of drug-likeness (QED) is 0.785. The van der Waals surface area contributed by atoms with Gasteiger partial charge in [0.2, 0.25) is 9.84 Å². The molecule has 0 unspecified atom stereocenters. The van der Waals surface area contributed by atoms with E-state index in [1.54, 1.807) is 0 Å². The smallest absolute Gasteiger partial charge is 0.335 e. The molecule has 1 aromatic rings. The van der Waals surface area contributed by atoms with E-state index in [4.69, 9.17) is 5.11 Å². The third-order valence-corrected chi connectivity index (χ3v) is 3.85. The largest absolute Gasteiger partial charge is 0.478 e. The van der Waals surface area contributed by atoms with Gasteiger partial charge in [0, 0.05) is 14.2 Å². The van der Waals surface area contributed by atoms with Crippen molar-refractivity contribution in [2.75, 3.05) is 14.2 Å². The van der Waals surface area contributed by atoms with E-state index in [9.17, 15) is 13.2 Å². The van der Waals surface area contributed by atoms with Crippen LogP contribution < -0.4 is 0 Å². The highest BCUT2D eigenvalue weighted by atomic mass is 32.2. The van der Waals surface area contributed by atoms with E-state index < -0.39 is 21.4 Å². The molecule has 1 aromatic carbocycles. The molecule has 0 radical (unpaired) electrons. The summed E-state index contributed by atoms with van der Waals surface area (Å²) < 4.78 is 33.2. The standard InChI is InChI=1S/C10H12O6S/c1-15-10(16-2)17(13,14)8-5-3-4-7(6-8)9(11)12/h3-6,10H,1-2H3,(H,11,12). The summed E-state index contributed by atoms with van der Waals surface area (Å²) in [6, 6.07) is 4.99. The lowest BCUT2D eigenvalue weighted by molar-refractivity contribution is -0.0415. The molecule has 0 saturated carbocycles. The predicted octanol–water partition coefficient (Wildman–Crippen LogP) is 0.735. The Kier molecular flexibility index (Phi) is 4.22. The normalized spacial score (nSPS) is 11.7. The zero-order chi connectivity index (χ0) is 13.1. The van der Waals surface area contributed by atoms with Crippen molar-refractivity contribution in [1.82, 2.24) is 0 Å². The van der Waals surface area contributed by atoms with E-state index in [0.29, 0.717) is 0 Å². The highest BCUT2D eigenvalue weighted by Gasteiger charge is 2.27. The summed E-state index contributed by atoms with van der Waals surface area (Å²) in [5.41, 5.74) is -1.57. The minimum absolute atomic E-state index is 0.114. The molecule has 0 spiro atoms. The van der Waals surface area contributed by atoms with Gasteiger partial charge in [-0.2, -0.15) is 0 Å². The average molecular weight is 260 g/mol. The van der Waals surface area contributed by atoms with Gasteiger partial charge < -0.3 is 14.6 Å². The summed E-state index contributed by atoms with van der Waals surface area (Å²) in [5.74, 6) is -1.20. The molecule has 1 rings (SSSR count). The minimum atomic E-state index is -3.86. The number of benzene rings is 1. The number of methoxy groups -OCH3 is 2. The second kappa shape index (κ2) is 5.26. The van der Waals surface area contributed by atoms with Gasteiger partial charge in [-0.25, -0.2) is 13.2 Å². The van der Waals surface area contributed by atoms with Crippen LogP contribution in [0.2, 0.25) is 0 Å². The lowest BCUT2D eigenvalue weighted by Crippen LogP contribution is -2.25. The fourth-order valence-corrected chi connectivity index (χ4v) is 2.56. The summed E-state index contributed by atoms with van der Waals surface area (Å²) in [5, 5.41) is 8.77. The molecule has 94 valence electrons. The summed E-state index contributed by atoms with van der Waals surface area (Å²) in [6.45, 7) is 0. The molecule has 0 aliphatic carbocycles. The molecule has 0 fully saturated rings. The number of aromatic carboxylic acids is 1. The molecule has 0 amide bonds. The van der Waals surface area contributed by atoms with Gasteiger partial charge in [0.25, 0.3) is 5.62 Å². The Morgan fingerprint density at radius 1 is 1.29 bits per heavy atom. The van der Waals surface area contributed by atoms with Crippen molar-refractivity contribution in [2.45, 2.75) is 10.5 Å². The van der Waals surface area contributed by atoms with Crippen molar-refractivity contribution < 1.29 is 27.8 Å². The second-order valence-electron chi connectivity index (χ2n) is 3.14. The molecular weight excluding hydrogens is 248 g/mol. The van der Waals surface area contributed by atoms with E-state index in [-0.39, 0.29) is 10.5 Å². The van der Waals surface area contributed by atoms with Gasteiger partial charge in [-0.15, -0.1) is 0 Å². The Balaban J connectivity index is 3.24. The zero-order valence-corrected chi connectivity index (χ0v) is 10.1. The lowest BCUT2D eigenvalue weighted by atomic mass is 10.2. The summed E-state index contributed by atoms with van der Waals surface area (Å²) in [4.78, 5) is 10.6. The molecule has 0 aromatic heterocycles. The van der Waals surface area contributed by atoms with Crippen molar-refractivity contribution in [2.24, 2.45) is 0 Å². The molecule has 0 saturated heterocycles. The van der Waals surface area contributed by atoms with E-state index in [2.05, 4.69) is 9.47 Å². The molecule has 0 heterocycles. The maximum absolute atomic E-state index is 11.9. The van der Waals surface area contributed by atoms with Gasteiger partial charge in [-0.3, -0.25) is 0 Å². The molecule has 1 N–H and O–H groups in total. The number of hydrogen-bond donors (Lipinski definition) is 1. The highest BCUT2D eigenvalue weighted by molar-refractivity contribution is 7.91. The van der Waals surface area contributed by atoms with Crippen molar-refractivity contribution >= 4 is 15.8 Å². The topological polar surface area (TPSA) is 89.9 Å². The second-order valence-corrected chi connectivity index (χ2v) is 5.08. The zero-order valence-electron chi connectivity index (χ0n) is 9.28. The Hall–Kier alpha value is -1.44. The van der Waals surface area contributed by atoms with Gasteiger partial charge in [0.15, 0.2) is 0 Å². The van der Waals surface area contributed by atoms with Crippen LogP contribution in [0.15, 0.2) is 29.2 Å². The molecule has 0 aliphatic rings. The Labute approximate surface area is 98.7 Å². The van der Waals surface area contributed by atoms with Gasteiger partial charge >= 0.3 is 5.97 Å². The molecule has 0 atom stereocenters. The monoisotopic (exact) mass is 260 g/mol. The summed E-state index contributed by atoms with van der Waals surface area (Å²) in [7, 11) is -1.49. The van der Waals surface area contributed by atoms with Crippen LogP contribution >= 0.6 is 0 Å². The minimum Gasteiger partial charge on any atom is -0.478 e. The summed E-state index contributed by atoms with van der Waals surface area (Å²) in [6.07, 6.45) is 0. The molecule has 0 aliphatic heterocycles. The van der Waals surface area contributed by atoms with Crippen molar-refractivity contribution in [3.63, 3.8) is 0 Å². The van der Waals surface area contributed by atoms with E-state index in [0.717, 1.165) is 6.07 Å². The Bertz CT molecular complexity index is 503. The van der Waals surface area contributed by atoms with Gasteiger partial charge in [-0.05, 0) is 18.2 Å². The lowest BCUT2D eigenvalue weighted by Gasteiger charge is -2.14. The number of ether oxygens (including phenoxy) is 2. The fraction of sp³-hybridized carbons (Fsp3) is 0.300. The van der Waals surface area contributed by atoms with Crippen molar-refractivity contribution in [3.8, 4) is 0 Å². The van der Waals surface area contributed by atoms with E-state index in [1.807, 2.05) is 0 Å². The van der Waals surface area contributed by atoms with Crippen LogP contribution in [-0.2, 0) is 19.3 Å². The van der Waals surface area contributed by atoms with Crippen LogP contribution in [0.5, 0.6) is 0 Å². The van der Waals surface area contributed by atoms with Crippen LogP contribution in [0.3, 0.4) is 0 Å². The Morgan fingerprint density at radius 2 is 1.88 bits per heavy atom. The third kappa shape index (κ3) is 2.82. The maximum atomic E-state index is 11.9. The number of carbonyl (C=O) groups is 1. The van der Waals surface area contributed by atoms with Crippen LogP contribution in [0.25, 0.3) is 0 Å². The number of rotatable bonds is 5. The van der Waals surface area contributed by atoms with Gasteiger partial charge in [0.1, 0.15) is 0 Å². The average Bonchev–Trinajstić information content (AvgIpc) is 2.30. The third-order valence-electron chi connectivity index (χ3n) is 2.05. The maximum Gasteiger partial charge on any atom is 0.335 e. The predicted molar refractivity (Wildman–Crippen MR) is 58.4 cm³/mol. The van der Waals surface area contributed by atoms with Crippen molar-refractivity contribution in [1.29, 1.82) is 0 Å². The molecule has 7 heteroatoms. The van der Waals surface area contributed by atoms with Crippen molar-refractivity contribution in [3.05, 3.63) is 29.8 Å². The number of carboxylic acids is 1. The molecule has 0 bridgehead atoms. The molecule has 17 heavy (non-hydrogen) atoms. The highest BCUT2D eigenvalue weighted by Crippen LogP contribution is 2.18. The molecular formula is C10H12O6S. The van der Waals surface area contributed by atoms with Gasteiger partial charge in [-0.1, -0.05) is 6.07 Å². The van der Waals surface area contributed by atoms with Crippen LogP contribution in [0, 0.1) is 0 Å². The van der Waals surface area contributed by atoms with E-state index in [1.165, 1.54) is 32.4 Å². The van der Waals surface area contributed by atoms with Crippen LogP contribution in [-0.4, -0.2) is 39.3 Å². The number of hydrogen-bond acceptors (Lipinski definition) is 5. The van der Waals surface area contributed by atoms with Gasteiger partial charge in [0.05, 0.1) is 10.5 Å². The van der Waals surface area contributed by atoms with Crippen LogP contribution in [0.1, 0.15) is 10.4 Å². The number of sulfone groups is 1. The first kappa shape index (κ1) is 13.6. The van der Waals surface area contributed by atoms with Crippen LogP contribution in [0.4, 0.5) is 0 Å². The Morgan fingerprint density at radius 3 is 2.35 bits per heavy atom. The molecule has 6 nitrogen and oxygen atoms in total. The first-order chi connectivity index (χ1) is 7.93. The first-order valence-electron chi connectivity index (χ1n) is 4.56. The first-order valence-corrected chi connectivity index (χ1v) is 6.11. The summed E-state index contributed by atoms with van der Waals surface area (Å²) >= 11 is 0. The fourth-order valence-electron chi connectivity index (χ4n) is 1.27. The number of carboxylic acid groups (broad SMARTS) is 1. The van der Waals surface area contributed by atoms with E-state index >= 15 is 0 Å².